The van der Waals surface area contributed by atoms with Gasteiger partial charge in [-0.25, -0.2) is 0 Å². The Bertz CT molecular complexity index is 867. The third-order valence-corrected chi connectivity index (χ3v) is 3.53. The number of nitro benzene ring substituents is 1. The molecule has 24 heavy (non-hydrogen) atoms. The number of hydrogen-bond acceptors (Lipinski definition) is 6. The van der Waals surface area contributed by atoms with Gasteiger partial charge in [-0.05, 0) is 25.1 Å². The molecule has 0 amide bonds. The quantitative estimate of drug-likeness (QED) is 0.501. The molecule has 122 valence electrons. The van der Waals surface area contributed by atoms with E-state index >= 15 is 0 Å². The molecule has 0 saturated heterocycles. The Morgan fingerprint density at radius 2 is 1.96 bits per heavy atom. The molecule has 0 bridgehead atoms. The molecule has 3 aromatic rings. The molecule has 8 heteroatoms. The minimum atomic E-state index is -0.561. The van der Waals surface area contributed by atoms with Gasteiger partial charge >= 0.3 is 0 Å². The molecular formula is C16H12ClN3O4. The minimum absolute atomic E-state index is 0.107. The fraction of sp³-hybridized carbons (Fsp3) is 0.125. The van der Waals surface area contributed by atoms with Crippen molar-refractivity contribution in [3.05, 3.63) is 69.6 Å². The van der Waals surface area contributed by atoms with Gasteiger partial charge in [-0.15, -0.1) is 10.2 Å². The zero-order valence-corrected chi connectivity index (χ0v) is 13.3. The Balaban J connectivity index is 1.77. The van der Waals surface area contributed by atoms with Crippen LogP contribution in [0, 0.1) is 10.1 Å². The lowest BCUT2D eigenvalue weighted by molar-refractivity contribution is -0.384. The summed E-state index contributed by atoms with van der Waals surface area (Å²) in [6.45, 7) is 1.72. The van der Waals surface area contributed by atoms with Gasteiger partial charge in [-0.3, -0.25) is 10.1 Å². The summed E-state index contributed by atoms with van der Waals surface area (Å²) < 4.78 is 11.3. The van der Waals surface area contributed by atoms with Gasteiger partial charge < -0.3 is 9.15 Å². The fourth-order valence-electron chi connectivity index (χ4n) is 2.04. The van der Waals surface area contributed by atoms with Crippen molar-refractivity contribution in [1.82, 2.24) is 10.2 Å². The van der Waals surface area contributed by atoms with Gasteiger partial charge in [-0.2, -0.15) is 0 Å². The molecule has 1 aromatic heterocycles. The van der Waals surface area contributed by atoms with Gasteiger partial charge in [0.1, 0.15) is 5.75 Å². The molecule has 0 unspecified atom stereocenters. The van der Waals surface area contributed by atoms with E-state index in [2.05, 4.69) is 10.2 Å². The van der Waals surface area contributed by atoms with Crippen molar-refractivity contribution in [3.8, 4) is 17.2 Å². The van der Waals surface area contributed by atoms with Crippen LogP contribution in [0.2, 0.25) is 5.02 Å². The van der Waals surface area contributed by atoms with Crippen molar-refractivity contribution in [1.29, 1.82) is 0 Å². The van der Waals surface area contributed by atoms with Crippen LogP contribution in [0.1, 0.15) is 18.9 Å². The van der Waals surface area contributed by atoms with E-state index in [0.29, 0.717) is 11.6 Å². The summed E-state index contributed by atoms with van der Waals surface area (Å²) in [7, 11) is 0. The molecule has 7 nitrogen and oxygen atoms in total. The Morgan fingerprint density at radius 1 is 1.21 bits per heavy atom. The third-order valence-electron chi connectivity index (χ3n) is 3.24. The topological polar surface area (TPSA) is 91.3 Å². The lowest BCUT2D eigenvalue weighted by atomic mass is 10.2. The predicted octanol–water partition coefficient (Wildman–Crippen LogP) is 4.44. The molecule has 0 fully saturated rings. The summed E-state index contributed by atoms with van der Waals surface area (Å²) in [5.74, 6) is 0.966. The maximum atomic E-state index is 10.7. The van der Waals surface area contributed by atoms with E-state index in [1.165, 1.54) is 18.2 Å². The molecule has 0 spiro atoms. The van der Waals surface area contributed by atoms with Crippen molar-refractivity contribution >= 4 is 17.3 Å². The van der Waals surface area contributed by atoms with E-state index in [4.69, 9.17) is 20.8 Å². The summed E-state index contributed by atoms with van der Waals surface area (Å²) in [5, 5.41) is 18.8. The standard InChI is InChI=1S/C16H12ClN3O4/c1-10(23-14-8-7-12(20(21)22)9-13(14)17)15-18-19-16(24-15)11-5-3-2-4-6-11/h2-10H,1H3/t10-/m0/s1. The molecule has 0 aliphatic heterocycles. The molecule has 1 heterocycles. The number of benzene rings is 2. The van der Waals surface area contributed by atoms with Crippen LogP contribution < -0.4 is 4.74 Å². The van der Waals surface area contributed by atoms with Crippen molar-refractivity contribution in [2.45, 2.75) is 13.0 Å². The Labute approximate surface area is 142 Å². The first-order chi connectivity index (χ1) is 11.5. The second-order valence-electron chi connectivity index (χ2n) is 4.94. The van der Waals surface area contributed by atoms with Crippen LogP contribution in [0.3, 0.4) is 0 Å². The number of halogens is 1. The molecule has 3 rings (SSSR count). The second kappa shape index (κ2) is 6.67. The number of non-ortho nitro benzene ring substituents is 1. The summed E-state index contributed by atoms with van der Waals surface area (Å²) >= 11 is 6.01. The van der Waals surface area contributed by atoms with Crippen molar-refractivity contribution in [2.24, 2.45) is 0 Å². The molecule has 0 radical (unpaired) electrons. The largest absolute Gasteiger partial charge is 0.479 e. The SMILES string of the molecule is C[C@H](Oc1ccc([N+](=O)[O-])cc1Cl)c1nnc(-c2ccccc2)o1. The lowest BCUT2D eigenvalue weighted by Gasteiger charge is -2.12. The average Bonchev–Trinajstić information content (AvgIpc) is 3.07. The zero-order chi connectivity index (χ0) is 17.1. The van der Waals surface area contributed by atoms with Gasteiger partial charge in [0, 0.05) is 17.7 Å². The van der Waals surface area contributed by atoms with Gasteiger partial charge in [0.25, 0.3) is 11.6 Å². The third kappa shape index (κ3) is 3.36. The molecule has 0 saturated carbocycles. The maximum Gasteiger partial charge on any atom is 0.271 e. The molecule has 0 N–H and O–H groups in total. The second-order valence-corrected chi connectivity index (χ2v) is 5.35. The Morgan fingerprint density at radius 3 is 2.62 bits per heavy atom. The normalized spacial score (nSPS) is 11.9. The van der Waals surface area contributed by atoms with Crippen molar-refractivity contribution in [3.63, 3.8) is 0 Å². The lowest BCUT2D eigenvalue weighted by Crippen LogP contribution is -2.04. The van der Waals surface area contributed by atoms with Crippen LogP contribution in [0.4, 0.5) is 5.69 Å². The highest BCUT2D eigenvalue weighted by molar-refractivity contribution is 6.32. The average molecular weight is 346 g/mol. The highest BCUT2D eigenvalue weighted by Crippen LogP contribution is 2.32. The van der Waals surface area contributed by atoms with E-state index in [9.17, 15) is 10.1 Å². The van der Waals surface area contributed by atoms with Crippen molar-refractivity contribution in [2.75, 3.05) is 0 Å². The number of ether oxygens (including phenoxy) is 1. The molecule has 1 atom stereocenters. The molecule has 0 aliphatic carbocycles. The van der Waals surface area contributed by atoms with E-state index in [0.717, 1.165) is 5.56 Å². The highest BCUT2D eigenvalue weighted by Gasteiger charge is 2.19. The number of aromatic nitrogens is 2. The zero-order valence-electron chi connectivity index (χ0n) is 12.5. The molecular weight excluding hydrogens is 334 g/mol. The number of rotatable bonds is 5. The van der Waals surface area contributed by atoms with E-state index in [1.54, 1.807) is 6.92 Å². The van der Waals surface area contributed by atoms with Gasteiger partial charge in [0.05, 0.1) is 9.95 Å². The van der Waals surface area contributed by atoms with E-state index < -0.39 is 11.0 Å². The van der Waals surface area contributed by atoms with Crippen LogP contribution >= 0.6 is 11.6 Å². The smallest absolute Gasteiger partial charge is 0.271 e. The van der Waals surface area contributed by atoms with E-state index in [-0.39, 0.29) is 16.6 Å². The first-order valence-corrected chi connectivity index (χ1v) is 7.42. The van der Waals surface area contributed by atoms with Crippen molar-refractivity contribution < 1.29 is 14.1 Å². The van der Waals surface area contributed by atoms with Gasteiger partial charge in [-0.1, -0.05) is 29.8 Å². The summed E-state index contributed by atoms with van der Waals surface area (Å²) in [4.78, 5) is 10.2. The van der Waals surface area contributed by atoms with Crippen LogP contribution in [0.5, 0.6) is 5.75 Å². The maximum absolute atomic E-state index is 10.7. The minimum Gasteiger partial charge on any atom is -0.479 e. The first kappa shape index (κ1) is 15.9. The van der Waals surface area contributed by atoms with Crippen LogP contribution in [-0.2, 0) is 0 Å². The summed E-state index contributed by atoms with van der Waals surface area (Å²) in [5.41, 5.74) is 0.695. The number of nitro groups is 1. The summed E-state index contributed by atoms with van der Waals surface area (Å²) in [6, 6.07) is 13.3. The predicted molar refractivity (Wildman–Crippen MR) is 86.9 cm³/mol. The first-order valence-electron chi connectivity index (χ1n) is 7.04. The van der Waals surface area contributed by atoms with Gasteiger partial charge in [0.15, 0.2) is 6.10 Å². The monoisotopic (exact) mass is 345 g/mol. The molecule has 2 aromatic carbocycles. The number of nitrogens with zero attached hydrogens (tertiary/aromatic N) is 3. The van der Waals surface area contributed by atoms with Gasteiger partial charge in [0.2, 0.25) is 5.89 Å². The molecule has 0 aliphatic rings. The van der Waals surface area contributed by atoms with Crippen LogP contribution in [-0.4, -0.2) is 15.1 Å². The van der Waals surface area contributed by atoms with Crippen LogP contribution in [0.25, 0.3) is 11.5 Å². The summed E-state index contributed by atoms with van der Waals surface area (Å²) in [6.07, 6.45) is -0.561. The van der Waals surface area contributed by atoms with E-state index in [1.807, 2.05) is 30.3 Å². The Hall–Kier alpha value is -2.93. The number of hydrogen-bond donors (Lipinski definition) is 0. The fourth-order valence-corrected chi connectivity index (χ4v) is 2.26. The van der Waals surface area contributed by atoms with Crippen LogP contribution in [0.15, 0.2) is 52.9 Å². The Kier molecular flexibility index (Phi) is 4.43. The highest BCUT2D eigenvalue weighted by atomic mass is 35.5.